The van der Waals surface area contributed by atoms with Gasteiger partial charge in [-0.2, -0.15) is 0 Å². The van der Waals surface area contributed by atoms with Crippen molar-refractivity contribution in [3.05, 3.63) is 16.4 Å². The van der Waals surface area contributed by atoms with Gasteiger partial charge in [0.2, 0.25) is 0 Å². The maximum Gasteiger partial charge on any atom is 0.266 e. The van der Waals surface area contributed by atoms with E-state index in [4.69, 9.17) is 5.73 Å². The predicted molar refractivity (Wildman–Crippen MR) is 70.0 cm³/mol. The van der Waals surface area contributed by atoms with Gasteiger partial charge < -0.3 is 5.73 Å². The van der Waals surface area contributed by atoms with Gasteiger partial charge in [-0.05, 0) is 61.7 Å². The Bertz CT molecular complexity index is 487. The van der Waals surface area contributed by atoms with Crippen molar-refractivity contribution in [2.75, 3.05) is 5.73 Å². The molecular formula is C14H21N3O. The Labute approximate surface area is 107 Å². The van der Waals surface area contributed by atoms with Crippen molar-refractivity contribution in [3.8, 4) is 0 Å². The second-order valence-electron chi connectivity index (χ2n) is 6.75. The Balaban J connectivity index is 1.58. The van der Waals surface area contributed by atoms with E-state index in [2.05, 4.69) is 5.10 Å². The molecule has 0 saturated heterocycles. The number of aromatic nitrogens is 2. The molecule has 3 N–H and O–H groups in total. The molecule has 4 nitrogen and oxygen atoms in total. The van der Waals surface area contributed by atoms with Crippen molar-refractivity contribution in [2.45, 2.75) is 38.6 Å². The molecule has 98 valence electrons. The summed E-state index contributed by atoms with van der Waals surface area (Å²) in [5.74, 6) is 5.10. The van der Waals surface area contributed by atoms with E-state index in [-0.39, 0.29) is 5.56 Å². The number of hydrogen-bond acceptors (Lipinski definition) is 2. The minimum Gasteiger partial charge on any atom is -0.384 e. The minimum atomic E-state index is -0.0729. The molecule has 4 heteroatoms. The first-order valence-corrected chi connectivity index (χ1v) is 7.24. The third-order valence-electron chi connectivity index (χ3n) is 5.65. The zero-order valence-corrected chi connectivity index (χ0v) is 10.6. The van der Waals surface area contributed by atoms with Gasteiger partial charge in [0.1, 0.15) is 5.82 Å². The zero-order valence-electron chi connectivity index (χ0n) is 10.6. The van der Waals surface area contributed by atoms with Gasteiger partial charge in [0.05, 0.1) is 0 Å². The van der Waals surface area contributed by atoms with Crippen LogP contribution in [0.25, 0.3) is 0 Å². The number of anilines is 1. The summed E-state index contributed by atoms with van der Waals surface area (Å²) >= 11 is 0. The number of hydrogen-bond donors (Lipinski definition) is 2. The Morgan fingerprint density at radius 1 is 1.17 bits per heavy atom. The Morgan fingerprint density at radius 2 is 1.78 bits per heavy atom. The van der Waals surface area contributed by atoms with Crippen LogP contribution in [-0.2, 0) is 6.54 Å². The standard InChI is InChI=1S/C14H21N3O/c15-13-6-14(18)16-17(13)7-12-10-2-8-1-9(4-10)5-11(12)3-8/h6,8-12H,1-5,7,15H2,(H,16,18). The van der Waals surface area contributed by atoms with Crippen LogP contribution >= 0.6 is 0 Å². The second kappa shape index (κ2) is 3.65. The van der Waals surface area contributed by atoms with E-state index in [1.165, 1.54) is 38.2 Å². The van der Waals surface area contributed by atoms with E-state index in [1.54, 1.807) is 0 Å². The van der Waals surface area contributed by atoms with Crippen LogP contribution in [0.2, 0.25) is 0 Å². The van der Waals surface area contributed by atoms with Crippen LogP contribution in [0.5, 0.6) is 0 Å². The van der Waals surface area contributed by atoms with Crippen molar-refractivity contribution in [2.24, 2.45) is 29.6 Å². The highest BCUT2D eigenvalue weighted by Crippen LogP contribution is 2.56. The van der Waals surface area contributed by atoms with Gasteiger partial charge in [0, 0.05) is 12.6 Å². The molecule has 4 fully saturated rings. The van der Waals surface area contributed by atoms with Crippen molar-refractivity contribution in [3.63, 3.8) is 0 Å². The Kier molecular flexibility index (Phi) is 2.17. The van der Waals surface area contributed by atoms with Crippen molar-refractivity contribution in [1.82, 2.24) is 9.78 Å². The lowest BCUT2D eigenvalue weighted by Gasteiger charge is -2.54. The molecule has 0 aliphatic heterocycles. The molecular weight excluding hydrogens is 226 g/mol. The fourth-order valence-electron chi connectivity index (χ4n) is 5.14. The maximum absolute atomic E-state index is 11.3. The van der Waals surface area contributed by atoms with Crippen LogP contribution < -0.4 is 11.3 Å². The van der Waals surface area contributed by atoms with Gasteiger partial charge in [-0.25, -0.2) is 0 Å². The molecule has 1 aromatic heterocycles. The second-order valence-corrected chi connectivity index (χ2v) is 6.75. The maximum atomic E-state index is 11.3. The smallest absolute Gasteiger partial charge is 0.266 e. The highest BCUT2D eigenvalue weighted by molar-refractivity contribution is 5.26. The Hall–Kier alpha value is -1.19. The van der Waals surface area contributed by atoms with Gasteiger partial charge in [0.15, 0.2) is 0 Å². The number of aromatic amines is 1. The molecule has 4 saturated carbocycles. The summed E-state index contributed by atoms with van der Waals surface area (Å²) in [5.41, 5.74) is 5.80. The summed E-state index contributed by atoms with van der Waals surface area (Å²) < 4.78 is 1.87. The average molecular weight is 247 g/mol. The normalized spacial score (nSPS) is 41.4. The van der Waals surface area contributed by atoms with Crippen LogP contribution in [0, 0.1) is 29.6 Å². The summed E-state index contributed by atoms with van der Waals surface area (Å²) in [6, 6.07) is 1.50. The van der Waals surface area contributed by atoms with Crippen LogP contribution in [0.3, 0.4) is 0 Å². The van der Waals surface area contributed by atoms with E-state index in [0.717, 1.165) is 36.1 Å². The molecule has 0 spiro atoms. The lowest BCUT2D eigenvalue weighted by Crippen LogP contribution is -2.46. The number of H-pyrrole nitrogens is 1. The van der Waals surface area contributed by atoms with Crippen LogP contribution in [-0.4, -0.2) is 9.78 Å². The minimum absolute atomic E-state index is 0.0729. The van der Waals surface area contributed by atoms with E-state index in [9.17, 15) is 4.79 Å². The predicted octanol–water partition coefficient (Wildman–Crippen LogP) is 1.83. The molecule has 4 aliphatic carbocycles. The molecule has 18 heavy (non-hydrogen) atoms. The number of nitrogens with zero attached hydrogens (tertiary/aromatic N) is 1. The summed E-state index contributed by atoms with van der Waals surface area (Å²) in [4.78, 5) is 11.3. The summed E-state index contributed by atoms with van der Waals surface area (Å²) in [6.45, 7) is 0.919. The number of rotatable bonds is 2. The summed E-state index contributed by atoms with van der Waals surface area (Å²) in [5, 5.41) is 2.84. The Morgan fingerprint density at radius 3 is 2.28 bits per heavy atom. The van der Waals surface area contributed by atoms with Crippen molar-refractivity contribution >= 4 is 5.82 Å². The number of nitrogen functional groups attached to an aromatic ring is 1. The first kappa shape index (κ1) is 10.7. The molecule has 0 aromatic carbocycles. The first-order chi connectivity index (χ1) is 8.69. The van der Waals surface area contributed by atoms with Crippen LogP contribution in [0.4, 0.5) is 5.82 Å². The third kappa shape index (κ3) is 1.54. The van der Waals surface area contributed by atoms with Crippen LogP contribution in [0.1, 0.15) is 32.1 Å². The molecule has 0 amide bonds. The van der Waals surface area contributed by atoms with Gasteiger partial charge in [-0.1, -0.05) is 0 Å². The first-order valence-electron chi connectivity index (χ1n) is 7.24. The molecule has 1 heterocycles. The number of nitrogens with two attached hydrogens (primary N) is 1. The summed E-state index contributed by atoms with van der Waals surface area (Å²) in [6.07, 6.45) is 7.17. The fraction of sp³-hybridized carbons (Fsp3) is 0.786. The quantitative estimate of drug-likeness (QED) is 0.837. The molecule has 5 rings (SSSR count). The van der Waals surface area contributed by atoms with Crippen molar-refractivity contribution < 1.29 is 0 Å². The fourth-order valence-corrected chi connectivity index (χ4v) is 5.14. The average Bonchev–Trinajstić information content (AvgIpc) is 2.61. The highest BCUT2D eigenvalue weighted by Gasteiger charge is 2.48. The number of nitrogens with one attached hydrogen (secondary N) is 1. The largest absolute Gasteiger partial charge is 0.384 e. The summed E-state index contributed by atoms with van der Waals surface area (Å²) in [7, 11) is 0. The van der Waals surface area contributed by atoms with E-state index in [1.807, 2.05) is 4.68 Å². The third-order valence-corrected chi connectivity index (χ3v) is 5.65. The topological polar surface area (TPSA) is 63.8 Å². The zero-order chi connectivity index (χ0) is 12.3. The molecule has 0 unspecified atom stereocenters. The molecule has 4 aliphatic rings. The van der Waals surface area contributed by atoms with Crippen molar-refractivity contribution in [1.29, 1.82) is 0 Å². The SMILES string of the molecule is Nc1cc(=O)[nH]n1CC1C2CC3CC(C2)CC1C3. The van der Waals surface area contributed by atoms with Gasteiger partial charge in [0.25, 0.3) is 5.56 Å². The molecule has 4 bridgehead atoms. The highest BCUT2D eigenvalue weighted by atomic mass is 16.1. The lowest BCUT2D eigenvalue weighted by molar-refractivity contribution is -0.0440. The molecule has 0 radical (unpaired) electrons. The van der Waals surface area contributed by atoms with Gasteiger partial charge in [-0.3, -0.25) is 14.6 Å². The monoisotopic (exact) mass is 247 g/mol. The van der Waals surface area contributed by atoms with Gasteiger partial charge >= 0.3 is 0 Å². The van der Waals surface area contributed by atoms with E-state index >= 15 is 0 Å². The van der Waals surface area contributed by atoms with Crippen LogP contribution in [0.15, 0.2) is 10.9 Å². The molecule has 1 aromatic rings. The van der Waals surface area contributed by atoms with E-state index in [0.29, 0.717) is 5.82 Å². The molecule has 0 atom stereocenters. The van der Waals surface area contributed by atoms with Gasteiger partial charge in [-0.15, -0.1) is 0 Å². The lowest BCUT2D eigenvalue weighted by atomic mass is 9.52. The van der Waals surface area contributed by atoms with E-state index < -0.39 is 0 Å².